The topological polar surface area (TPSA) is 67.8 Å². The molecule has 1 aliphatic carbocycles. The molecule has 1 amide bonds. The van der Waals surface area contributed by atoms with Crippen LogP contribution in [0.2, 0.25) is 0 Å². The average molecular weight is 279 g/mol. The van der Waals surface area contributed by atoms with Crippen LogP contribution in [-0.4, -0.2) is 31.8 Å². The molecule has 0 bridgehead atoms. The zero-order valence-electron chi connectivity index (χ0n) is 11.9. The molecule has 1 fully saturated rings. The quantitative estimate of drug-likeness (QED) is 0.795. The zero-order chi connectivity index (χ0) is 14.6. The van der Waals surface area contributed by atoms with E-state index in [0.717, 1.165) is 18.4 Å². The SMILES string of the molecule is COc1ccc(C2(NC(=O)CCCO)CC2)cc1OC. The van der Waals surface area contributed by atoms with E-state index in [2.05, 4.69) is 5.32 Å². The van der Waals surface area contributed by atoms with Crippen LogP contribution in [0.4, 0.5) is 0 Å². The van der Waals surface area contributed by atoms with Crippen molar-refractivity contribution in [3.05, 3.63) is 23.8 Å². The zero-order valence-corrected chi connectivity index (χ0v) is 11.9. The van der Waals surface area contributed by atoms with Crippen molar-refractivity contribution < 1.29 is 19.4 Å². The van der Waals surface area contributed by atoms with Crippen LogP contribution >= 0.6 is 0 Å². The Bertz CT molecular complexity index is 483. The number of benzene rings is 1. The summed E-state index contributed by atoms with van der Waals surface area (Å²) in [5.74, 6) is 1.32. The molecule has 0 unspecified atom stereocenters. The van der Waals surface area contributed by atoms with E-state index in [0.29, 0.717) is 24.3 Å². The predicted octanol–water partition coefficient (Wildman–Crippen LogP) is 1.58. The molecule has 0 saturated heterocycles. The summed E-state index contributed by atoms with van der Waals surface area (Å²) in [6.07, 6.45) is 2.69. The van der Waals surface area contributed by atoms with Crippen molar-refractivity contribution in [3.63, 3.8) is 0 Å². The molecule has 0 heterocycles. The van der Waals surface area contributed by atoms with Crippen LogP contribution in [0.15, 0.2) is 18.2 Å². The van der Waals surface area contributed by atoms with Gasteiger partial charge in [-0.3, -0.25) is 4.79 Å². The lowest BCUT2D eigenvalue weighted by Gasteiger charge is -2.19. The van der Waals surface area contributed by atoms with Gasteiger partial charge in [0, 0.05) is 13.0 Å². The Hall–Kier alpha value is -1.75. The molecule has 0 radical (unpaired) electrons. The summed E-state index contributed by atoms with van der Waals surface area (Å²) < 4.78 is 10.5. The molecule has 20 heavy (non-hydrogen) atoms. The second-order valence-electron chi connectivity index (χ2n) is 5.03. The molecule has 0 atom stereocenters. The Labute approximate surface area is 118 Å². The summed E-state index contributed by atoms with van der Waals surface area (Å²) in [6, 6.07) is 5.73. The van der Waals surface area contributed by atoms with Crippen molar-refractivity contribution in [3.8, 4) is 11.5 Å². The van der Waals surface area contributed by atoms with Gasteiger partial charge < -0.3 is 19.9 Å². The normalized spacial score (nSPS) is 15.6. The van der Waals surface area contributed by atoms with Crippen LogP contribution in [0.5, 0.6) is 11.5 Å². The van der Waals surface area contributed by atoms with E-state index < -0.39 is 0 Å². The summed E-state index contributed by atoms with van der Waals surface area (Å²) >= 11 is 0. The van der Waals surface area contributed by atoms with E-state index in [1.54, 1.807) is 14.2 Å². The van der Waals surface area contributed by atoms with Crippen molar-refractivity contribution in [1.29, 1.82) is 0 Å². The molecular weight excluding hydrogens is 258 g/mol. The van der Waals surface area contributed by atoms with E-state index in [4.69, 9.17) is 14.6 Å². The average Bonchev–Trinajstić information content (AvgIpc) is 3.25. The van der Waals surface area contributed by atoms with Gasteiger partial charge in [-0.1, -0.05) is 6.07 Å². The van der Waals surface area contributed by atoms with E-state index >= 15 is 0 Å². The van der Waals surface area contributed by atoms with Crippen LogP contribution in [0, 0.1) is 0 Å². The van der Waals surface area contributed by atoms with Crippen molar-refractivity contribution in [2.24, 2.45) is 0 Å². The molecular formula is C15H21NO4. The maximum absolute atomic E-state index is 11.8. The third-order valence-electron chi connectivity index (χ3n) is 3.63. The predicted molar refractivity (Wildman–Crippen MR) is 74.9 cm³/mol. The first kappa shape index (κ1) is 14.7. The van der Waals surface area contributed by atoms with E-state index in [-0.39, 0.29) is 18.1 Å². The number of amides is 1. The summed E-state index contributed by atoms with van der Waals surface area (Å²) in [5, 5.41) is 11.8. The van der Waals surface area contributed by atoms with Crippen molar-refractivity contribution in [2.45, 2.75) is 31.2 Å². The minimum absolute atomic E-state index is 0.0219. The van der Waals surface area contributed by atoms with Gasteiger partial charge in [-0.15, -0.1) is 0 Å². The van der Waals surface area contributed by atoms with E-state index in [9.17, 15) is 4.79 Å². The lowest BCUT2D eigenvalue weighted by Crippen LogP contribution is -2.34. The Morgan fingerprint density at radius 3 is 2.55 bits per heavy atom. The number of hydrogen-bond donors (Lipinski definition) is 2. The molecule has 2 N–H and O–H groups in total. The van der Waals surface area contributed by atoms with Gasteiger partial charge in [0.1, 0.15) is 0 Å². The van der Waals surface area contributed by atoms with Crippen LogP contribution in [0.25, 0.3) is 0 Å². The van der Waals surface area contributed by atoms with Gasteiger partial charge in [-0.05, 0) is 37.0 Å². The summed E-state index contributed by atoms with van der Waals surface area (Å²) in [7, 11) is 3.20. The largest absolute Gasteiger partial charge is 0.493 e. The molecule has 2 rings (SSSR count). The van der Waals surface area contributed by atoms with E-state index in [1.165, 1.54) is 0 Å². The number of carbonyl (C=O) groups is 1. The third-order valence-corrected chi connectivity index (χ3v) is 3.63. The highest BCUT2D eigenvalue weighted by Gasteiger charge is 2.45. The number of hydrogen-bond acceptors (Lipinski definition) is 4. The number of aliphatic hydroxyl groups excluding tert-OH is 1. The maximum atomic E-state index is 11.8. The highest BCUT2D eigenvalue weighted by Crippen LogP contribution is 2.47. The fraction of sp³-hybridized carbons (Fsp3) is 0.533. The number of rotatable bonds is 7. The molecule has 1 aromatic rings. The van der Waals surface area contributed by atoms with Gasteiger partial charge in [0.25, 0.3) is 0 Å². The van der Waals surface area contributed by atoms with E-state index in [1.807, 2.05) is 18.2 Å². The van der Waals surface area contributed by atoms with Gasteiger partial charge in [0.2, 0.25) is 5.91 Å². The lowest BCUT2D eigenvalue weighted by atomic mass is 10.0. The minimum Gasteiger partial charge on any atom is -0.493 e. The molecule has 0 aromatic heterocycles. The fourth-order valence-corrected chi connectivity index (χ4v) is 2.31. The summed E-state index contributed by atoms with van der Waals surface area (Å²) in [5.41, 5.74) is 0.763. The smallest absolute Gasteiger partial charge is 0.220 e. The first-order valence-corrected chi connectivity index (χ1v) is 6.79. The molecule has 0 spiro atoms. The highest BCUT2D eigenvalue weighted by atomic mass is 16.5. The molecule has 0 aliphatic heterocycles. The number of aliphatic hydroxyl groups is 1. The second-order valence-corrected chi connectivity index (χ2v) is 5.03. The monoisotopic (exact) mass is 279 g/mol. The van der Waals surface area contributed by atoms with Gasteiger partial charge in [-0.25, -0.2) is 0 Å². The molecule has 110 valence electrons. The Morgan fingerprint density at radius 2 is 2.00 bits per heavy atom. The van der Waals surface area contributed by atoms with Crippen molar-refractivity contribution in [1.82, 2.24) is 5.32 Å². The second kappa shape index (κ2) is 6.13. The van der Waals surface area contributed by atoms with Crippen LogP contribution in [0.1, 0.15) is 31.2 Å². The van der Waals surface area contributed by atoms with Crippen LogP contribution in [0.3, 0.4) is 0 Å². The Morgan fingerprint density at radius 1 is 1.30 bits per heavy atom. The maximum Gasteiger partial charge on any atom is 0.220 e. The van der Waals surface area contributed by atoms with Gasteiger partial charge in [-0.2, -0.15) is 0 Å². The van der Waals surface area contributed by atoms with Crippen molar-refractivity contribution in [2.75, 3.05) is 20.8 Å². The Kier molecular flexibility index (Phi) is 4.49. The molecule has 1 aromatic carbocycles. The minimum atomic E-state index is -0.272. The number of ether oxygens (including phenoxy) is 2. The third kappa shape index (κ3) is 3.04. The molecule has 5 nitrogen and oxygen atoms in total. The first-order chi connectivity index (χ1) is 9.65. The number of carbonyl (C=O) groups excluding carboxylic acids is 1. The molecule has 1 saturated carbocycles. The molecule has 5 heteroatoms. The summed E-state index contributed by atoms with van der Waals surface area (Å²) in [6.45, 7) is 0.0385. The van der Waals surface area contributed by atoms with Gasteiger partial charge in [0.15, 0.2) is 11.5 Å². The van der Waals surface area contributed by atoms with Crippen LogP contribution in [-0.2, 0) is 10.3 Å². The molecule has 1 aliphatic rings. The summed E-state index contributed by atoms with van der Waals surface area (Å²) in [4.78, 5) is 11.8. The highest BCUT2D eigenvalue weighted by molar-refractivity contribution is 5.77. The standard InChI is InChI=1S/C15H21NO4/c1-19-12-6-5-11(10-13(12)20-2)15(7-8-15)16-14(18)4-3-9-17/h5-6,10,17H,3-4,7-9H2,1-2H3,(H,16,18). The van der Waals surface area contributed by atoms with Crippen molar-refractivity contribution >= 4 is 5.91 Å². The number of methoxy groups -OCH3 is 2. The lowest BCUT2D eigenvalue weighted by molar-refractivity contribution is -0.122. The van der Waals surface area contributed by atoms with Gasteiger partial charge in [0.05, 0.1) is 19.8 Å². The Balaban J connectivity index is 2.12. The fourth-order valence-electron chi connectivity index (χ4n) is 2.31. The van der Waals surface area contributed by atoms with Gasteiger partial charge >= 0.3 is 0 Å². The first-order valence-electron chi connectivity index (χ1n) is 6.79. The number of nitrogens with one attached hydrogen (secondary N) is 1. The van der Waals surface area contributed by atoms with Crippen LogP contribution < -0.4 is 14.8 Å².